The number of hydrogen-bond acceptors (Lipinski definition) is 5. The van der Waals surface area contributed by atoms with Crippen LogP contribution in [0.4, 0.5) is 0 Å². The van der Waals surface area contributed by atoms with E-state index in [2.05, 4.69) is 0 Å². The molecule has 0 atom stereocenters. The summed E-state index contributed by atoms with van der Waals surface area (Å²) in [5.41, 5.74) is 1.18. The summed E-state index contributed by atoms with van der Waals surface area (Å²) in [6, 6.07) is 2.04. The fourth-order valence-corrected chi connectivity index (χ4v) is 3.75. The summed E-state index contributed by atoms with van der Waals surface area (Å²) in [6.45, 7) is 3.05. The molecule has 0 unspecified atom stereocenters. The van der Waals surface area contributed by atoms with Gasteiger partial charge in [0.15, 0.2) is 0 Å². The Bertz CT molecular complexity index is 507. The van der Waals surface area contributed by atoms with E-state index in [4.69, 9.17) is 17.0 Å². The Morgan fingerprint density at radius 3 is 2.94 bits per heavy atom. The van der Waals surface area contributed by atoms with E-state index >= 15 is 0 Å². The summed E-state index contributed by atoms with van der Waals surface area (Å²) in [5.74, 6) is -0.0187. The van der Waals surface area contributed by atoms with Crippen molar-refractivity contribution in [2.24, 2.45) is 0 Å². The van der Waals surface area contributed by atoms with E-state index in [-0.39, 0.29) is 5.91 Å². The van der Waals surface area contributed by atoms with E-state index in [9.17, 15) is 4.79 Å². The molecule has 1 aromatic heterocycles. The van der Waals surface area contributed by atoms with E-state index in [0.29, 0.717) is 22.4 Å². The molecule has 0 radical (unpaired) electrons. The predicted molar refractivity (Wildman–Crippen MR) is 80.8 cm³/mol. The van der Waals surface area contributed by atoms with Crippen LogP contribution in [0.3, 0.4) is 0 Å². The molecule has 0 aromatic carbocycles. The van der Waals surface area contributed by atoms with Gasteiger partial charge in [-0.3, -0.25) is 9.69 Å². The Morgan fingerprint density at radius 1 is 1.56 bits per heavy atom. The fourth-order valence-electron chi connectivity index (χ4n) is 1.53. The minimum Gasteiger partial charge on any atom is -0.383 e. The van der Waals surface area contributed by atoms with Gasteiger partial charge in [0.1, 0.15) is 4.32 Å². The quantitative estimate of drug-likeness (QED) is 0.631. The monoisotopic (exact) mass is 299 g/mol. The fraction of sp³-hybridized carbons (Fsp3) is 0.333. The molecule has 0 spiro atoms. The molecule has 1 saturated heterocycles. The highest BCUT2D eigenvalue weighted by molar-refractivity contribution is 8.26. The van der Waals surface area contributed by atoms with E-state index in [1.807, 2.05) is 24.4 Å². The third-order valence-electron chi connectivity index (χ3n) is 2.56. The lowest BCUT2D eigenvalue weighted by Gasteiger charge is -2.12. The smallest absolute Gasteiger partial charge is 0.266 e. The zero-order chi connectivity index (χ0) is 13.1. The number of carbonyl (C=O) groups excluding carboxylic acids is 1. The first kappa shape index (κ1) is 13.7. The molecule has 0 N–H and O–H groups in total. The summed E-state index contributed by atoms with van der Waals surface area (Å²) >= 11 is 8.20. The Kier molecular flexibility index (Phi) is 4.55. The zero-order valence-corrected chi connectivity index (χ0v) is 12.6. The number of thioether (sulfide) groups is 1. The molecule has 18 heavy (non-hydrogen) atoms. The van der Waals surface area contributed by atoms with Crippen molar-refractivity contribution in [1.82, 2.24) is 4.90 Å². The van der Waals surface area contributed by atoms with Crippen LogP contribution in [0.2, 0.25) is 0 Å². The van der Waals surface area contributed by atoms with Crippen molar-refractivity contribution >= 4 is 51.6 Å². The highest BCUT2D eigenvalue weighted by Crippen LogP contribution is 2.33. The van der Waals surface area contributed by atoms with Crippen molar-refractivity contribution in [2.45, 2.75) is 6.92 Å². The maximum absolute atomic E-state index is 12.2. The number of ether oxygens (including phenoxy) is 1. The Morgan fingerprint density at radius 2 is 2.33 bits per heavy atom. The van der Waals surface area contributed by atoms with Crippen LogP contribution in [-0.4, -0.2) is 35.4 Å². The molecular weight excluding hydrogens is 286 g/mol. The summed E-state index contributed by atoms with van der Waals surface area (Å²) in [5, 5.41) is 2.02. The van der Waals surface area contributed by atoms with Crippen LogP contribution in [0.25, 0.3) is 6.08 Å². The van der Waals surface area contributed by atoms with Gasteiger partial charge in [0.05, 0.1) is 18.1 Å². The Hall–Kier alpha value is -0.690. The highest BCUT2D eigenvalue weighted by atomic mass is 32.2. The SMILES string of the molecule is COCCN1C(=O)/C(=C/c2sccc2C)SC1=S. The topological polar surface area (TPSA) is 29.5 Å². The number of thiophene rings is 1. The molecule has 6 heteroatoms. The van der Waals surface area contributed by atoms with Gasteiger partial charge in [0.2, 0.25) is 0 Å². The van der Waals surface area contributed by atoms with Gasteiger partial charge in [-0.15, -0.1) is 11.3 Å². The van der Waals surface area contributed by atoms with E-state index in [1.54, 1.807) is 23.3 Å². The average Bonchev–Trinajstić information content (AvgIpc) is 2.84. The van der Waals surface area contributed by atoms with Gasteiger partial charge >= 0.3 is 0 Å². The van der Waals surface area contributed by atoms with Crippen LogP contribution in [0, 0.1) is 6.92 Å². The minimum atomic E-state index is -0.0187. The predicted octanol–water partition coefficient (Wildman–Crippen LogP) is 2.90. The number of hydrogen-bond donors (Lipinski definition) is 0. The van der Waals surface area contributed by atoms with Gasteiger partial charge in [-0.1, -0.05) is 24.0 Å². The molecule has 96 valence electrons. The Labute approximate surface area is 120 Å². The lowest BCUT2D eigenvalue weighted by atomic mass is 10.2. The summed E-state index contributed by atoms with van der Waals surface area (Å²) < 4.78 is 5.59. The largest absolute Gasteiger partial charge is 0.383 e. The molecule has 1 aliphatic heterocycles. The number of aryl methyl sites for hydroxylation is 1. The van der Waals surface area contributed by atoms with E-state index in [0.717, 1.165) is 4.88 Å². The first-order valence-electron chi connectivity index (χ1n) is 5.42. The molecule has 2 rings (SSSR count). The molecule has 1 amide bonds. The number of carbonyl (C=O) groups is 1. The van der Waals surface area contributed by atoms with Gasteiger partial charge in [0, 0.05) is 12.0 Å². The molecule has 0 aliphatic carbocycles. The molecule has 3 nitrogen and oxygen atoms in total. The van der Waals surface area contributed by atoms with Crippen molar-refractivity contribution in [3.05, 3.63) is 26.8 Å². The number of thiocarbonyl (C=S) groups is 1. The number of amides is 1. The van der Waals surface area contributed by atoms with Crippen molar-refractivity contribution in [2.75, 3.05) is 20.3 Å². The molecule has 1 aliphatic rings. The van der Waals surface area contributed by atoms with Crippen molar-refractivity contribution in [3.8, 4) is 0 Å². The standard InChI is InChI=1S/C12H13NO2S3/c1-8-3-6-17-9(8)7-10-11(14)13(4-5-15-2)12(16)18-10/h3,6-7H,4-5H2,1-2H3/b10-7-. The maximum atomic E-state index is 12.2. The molecule has 1 fully saturated rings. The minimum absolute atomic E-state index is 0.0187. The highest BCUT2D eigenvalue weighted by Gasteiger charge is 2.31. The van der Waals surface area contributed by atoms with Crippen LogP contribution in [-0.2, 0) is 9.53 Å². The van der Waals surface area contributed by atoms with Crippen molar-refractivity contribution in [3.63, 3.8) is 0 Å². The molecule has 0 saturated carbocycles. The van der Waals surface area contributed by atoms with Crippen LogP contribution < -0.4 is 0 Å². The second kappa shape index (κ2) is 5.97. The van der Waals surface area contributed by atoms with Crippen molar-refractivity contribution < 1.29 is 9.53 Å². The second-order valence-corrected chi connectivity index (χ2v) is 6.42. The first-order valence-corrected chi connectivity index (χ1v) is 7.52. The Balaban J connectivity index is 2.17. The van der Waals surface area contributed by atoms with Crippen LogP contribution in [0.1, 0.15) is 10.4 Å². The summed E-state index contributed by atoms with van der Waals surface area (Å²) in [6.07, 6.45) is 1.92. The maximum Gasteiger partial charge on any atom is 0.266 e. The van der Waals surface area contributed by atoms with Crippen LogP contribution >= 0.6 is 35.3 Å². The molecular formula is C12H13NO2S3. The van der Waals surface area contributed by atoms with E-state index < -0.39 is 0 Å². The molecule has 0 bridgehead atoms. The van der Waals surface area contributed by atoms with E-state index in [1.165, 1.54) is 17.3 Å². The van der Waals surface area contributed by atoms with Gasteiger partial charge < -0.3 is 4.74 Å². The molecule has 2 heterocycles. The number of nitrogens with zero attached hydrogens (tertiary/aromatic N) is 1. The lowest BCUT2D eigenvalue weighted by Crippen LogP contribution is -2.31. The lowest BCUT2D eigenvalue weighted by molar-refractivity contribution is -0.122. The number of rotatable bonds is 4. The zero-order valence-electron chi connectivity index (χ0n) is 10.1. The summed E-state index contributed by atoms with van der Waals surface area (Å²) in [4.78, 5) is 15.6. The van der Waals surface area contributed by atoms with Gasteiger partial charge in [-0.05, 0) is 30.0 Å². The average molecular weight is 299 g/mol. The van der Waals surface area contributed by atoms with Crippen LogP contribution in [0.15, 0.2) is 16.4 Å². The summed E-state index contributed by atoms with van der Waals surface area (Å²) in [7, 11) is 1.61. The number of methoxy groups -OCH3 is 1. The normalized spacial score (nSPS) is 18.1. The third-order valence-corrected chi connectivity index (χ3v) is 4.90. The molecule has 1 aromatic rings. The van der Waals surface area contributed by atoms with Gasteiger partial charge in [-0.2, -0.15) is 0 Å². The first-order chi connectivity index (χ1) is 8.63. The third kappa shape index (κ3) is 2.83. The van der Waals surface area contributed by atoms with Crippen molar-refractivity contribution in [1.29, 1.82) is 0 Å². The van der Waals surface area contributed by atoms with Crippen LogP contribution in [0.5, 0.6) is 0 Å². The van der Waals surface area contributed by atoms with Gasteiger partial charge in [-0.25, -0.2) is 0 Å². The second-order valence-electron chi connectivity index (χ2n) is 3.79. The van der Waals surface area contributed by atoms with Gasteiger partial charge in [0.25, 0.3) is 5.91 Å².